The van der Waals surface area contributed by atoms with Crippen molar-refractivity contribution in [3.05, 3.63) is 29.8 Å². The first-order chi connectivity index (χ1) is 12.4. The number of likely N-dealkylation sites (N-methyl/N-ethyl adjacent to an activating group) is 1. The molecule has 1 heterocycles. The minimum atomic E-state index is -3.71. The van der Waals surface area contributed by atoms with Crippen LogP contribution in [0.25, 0.3) is 0 Å². The fraction of sp³-hybridized carbons (Fsp3) is 0.500. The van der Waals surface area contributed by atoms with Crippen LogP contribution in [0.1, 0.15) is 16.8 Å². The average molecular weight is 418 g/mol. The van der Waals surface area contributed by atoms with Crippen molar-refractivity contribution in [1.29, 1.82) is 0 Å². The molecule has 1 aliphatic rings. The number of hydrogen-bond acceptors (Lipinski definition) is 7. The molecule has 0 aliphatic carbocycles. The lowest BCUT2D eigenvalue weighted by atomic mass is 10.2. The van der Waals surface area contributed by atoms with Crippen LogP contribution in [0.5, 0.6) is 0 Å². The summed E-state index contributed by atoms with van der Waals surface area (Å²) >= 11 is 0. The minimum absolute atomic E-state index is 0.00294. The maximum Gasteiger partial charge on any atom is 0.338 e. The van der Waals surface area contributed by atoms with Crippen LogP contribution in [0.2, 0.25) is 0 Å². The summed E-state index contributed by atoms with van der Waals surface area (Å²) in [5, 5.41) is 0. The number of esters is 1. The summed E-state index contributed by atoms with van der Waals surface area (Å²) in [4.78, 5) is 25.5. The Balaban J connectivity index is 2.01. The number of carbonyl (C=O) groups is 2. The quantitative estimate of drug-likeness (QED) is 0.584. The summed E-state index contributed by atoms with van der Waals surface area (Å²) in [6.07, 6.45) is 0.350. The maximum atomic E-state index is 12.1. The fourth-order valence-corrected chi connectivity index (χ4v) is 5.31. The molecule has 0 spiro atoms. The number of sulfone groups is 1. The van der Waals surface area contributed by atoms with Crippen molar-refractivity contribution in [2.45, 2.75) is 17.4 Å². The third-order valence-electron chi connectivity index (χ3n) is 4.32. The molecule has 1 aromatic carbocycles. The summed E-state index contributed by atoms with van der Waals surface area (Å²) in [6, 6.07) is 4.88. The second-order valence-electron chi connectivity index (χ2n) is 6.45. The molecule has 11 heteroatoms. The van der Waals surface area contributed by atoms with E-state index >= 15 is 0 Å². The first-order valence-electron chi connectivity index (χ1n) is 8.10. The van der Waals surface area contributed by atoms with Crippen LogP contribution in [0, 0.1) is 0 Å². The van der Waals surface area contributed by atoms with Crippen molar-refractivity contribution in [2.75, 3.05) is 39.3 Å². The van der Waals surface area contributed by atoms with Gasteiger partial charge in [0.25, 0.3) is 5.91 Å². The highest BCUT2D eigenvalue weighted by Gasteiger charge is 2.33. The van der Waals surface area contributed by atoms with Gasteiger partial charge in [0.05, 0.1) is 22.0 Å². The summed E-state index contributed by atoms with van der Waals surface area (Å²) in [5.41, 5.74) is -0.00294. The molecule has 1 aromatic rings. The largest absolute Gasteiger partial charge is 0.452 e. The van der Waals surface area contributed by atoms with Gasteiger partial charge >= 0.3 is 5.97 Å². The van der Waals surface area contributed by atoms with E-state index < -0.39 is 44.4 Å². The van der Waals surface area contributed by atoms with Crippen LogP contribution >= 0.6 is 0 Å². The van der Waals surface area contributed by atoms with E-state index in [1.807, 2.05) is 0 Å². The van der Waals surface area contributed by atoms with Crippen LogP contribution in [0.3, 0.4) is 0 Å². The van der Waals surface area contributed by atoms with Gasteiger partial charge < -0.3 is 9.64 Å². The average Bonchev–Trinajstić information content (AvgIpc) is 2.98. The summed E-state index contributed by atoms with van der Waals surface area (Å²) < 4.78 is 53.2. The van der Waals surface area contributed by atoms with Crippen molar-refractivity contribution in [2.24, 2.45) is 0 Å². The molecular formula is C16H22N2O7S2. The Labute approximate surface area is 158 Å². The number of nitrogens with zero attached hydrogens (tertiary/aromatic N) is 2. The normalized spacial score (nSPS) is 19.0. The van der Waals surface area contributed by atoms with E-state index in [9.17, 15) is 26.4 Å². The monoisotopic (exact) mass is 418 g/mol. The van der Waals surface area contributed by atoms with Gasteiger partial charge in [0.2, 0.25) is 10.0 Å². The van der Waals surface area contributed by atoms with Gasteiger partial charge in [-0.1, -0.05) is 6.07 Å². The van der Waals surface area contributed by atoms with Crippen molar-refractivity contribution >= 4 is 31.7 Å². The van der Waals surface area contributed by atoms with Gasteiger partial charge in [0.1, 0.15) is 0 Å². The number of hydrogen-bond donors (Lipinski definition) is 0. The second kappa shape index (κ2) is 7.95. The van der Waals surface area contributed by atoms with Gasteiger partial charge in [-0.15, -0.1) is 0 Å². The second-order valence-corrected chi connectivity index (χ2v) is 10.8. The molecule has 9 nitrogen and oxygen atoms in total. The van der Waals surface area contributed by atoms with E-state index in [4.69, 9.17) is 4.74 Å². The third-order valence-corrected chi connectivity index (χ3v) is 7.89. The first-order valence-corrected chi connectivity index (χ1v) is 11.4. The Morgan fingerprint density at radius 1 is 1.22 bits per heavy atom. The Morgan fingerprint density at radius 2 is 1.89 bits per heavy atom. The van der Waals surface area contributed by atoms with Crippen molar-refractivity contribution in [1.82, 2.24) is 9.21 Å². The van der Waals surface area contributed by atoms with Crippen molar-refractivity contribution in [3.63, 3.8) is 0 Å². The highest BCUT2D eigenvalue weighted by Crippen LogP contribution is 2.17. The third kappa shape index (κ3) is 5.05. The van der Waals surface area contributed by atoms with Crippen molar-refractivity contribution in [3.8, 4) is 0 Å². The number of ether oxygens (including phenoxy) is 1. The van der Waals surface area contributed by atoms with Gasteiger partial charge in [0.15, 0.2) is 16.4 Å². The SMILES string of the molecule is CN(C(=O)COC(=O)c1cccc(S(=O)(=O)N(C)C)c1)C1CCS(=O)(=O)C1. The highest BCUT2D eigenvalue weighted by atomic mass is 32.2. The minimum Gasteiger partial charge on any atom is -0.452 e. The van der Waals surface area contributed by atoms with Crippen LogP contribution < -0.4 is 0 Å². The Hall–Kier alpha value is -1.98. The number of amides is 1. The fourth-order valence-electron chi connectivity index (χ4n) is 2.59. The molecule has 27 heavy (non-hydrogen) atoms. The zero-order valence-corrected chi connectivity index (χ0v) is 16.9. The van der Waals surface area contributed by atoms with Crippen LogP contribution in [0.15, 0.2) is 29.2 Å². The lowest BCUT2D eigenvalue weighted by Gasteiger charge is -2.23. The van der Waals surface area contributed by atoms with Crippen LogP contribution in [-0.2, 0) is 29.4 Å². The number of sulfonamides is 1. The van der Waals surface area contributed by atoms with Gasteiger partial charge in [-0.25, -0.2) is 25.9 Å². The van der Waals surface area contributed by atoms with Crippen molar-refractivity contribution < 1.29 is 31.2 Å². The summed E-state index contributed by atoms with van der Waals surface area (Å²) in [6.45, 7) is -0.559. The Kier molecular flexibility index (Phi) is 6.28. The van der Waals surface area contributed by atoms with Gasteiger partial charge in [-0.2, -0.15) is 0 Å². The molecule has 0 saturated carbocycles. The molecule has 1 amide bonds. The van der Waals surface area contributed by atoms with Crippen LogP contribution in [-0.4, -0.2) is 83.2 Å². The standard InChI is InChI=1S/C16H22N2O7S2/c1-17(2)27(23,24)14-6-4-5-12(9-14)16(20)25-10-15(19)18(3)13-7-8-26(21,22)11-13/h4-6,9,13H,7-8,10-11H2,1-3H3. The molecule has 0 bridgehead atoms. The van der Waals surface area contributed by atoms with E-state index in [0.717, 1.165) is 4.31 Å². The smallest absolute Gasteiger partial charge is 0.338 e. The lowest BCUT2D eigenvalue weighted by Crippen LogP contribution is -2.40. The van der Waals surface area contributed by atoms with E-state index in [1.54, 1.807) is 0 Å². The molecular weight excluding hydrogens is 396 g/mol. The molecule has 0 aromatic heterocycles. The van der Waals surface area contributed by atoms with E-state index in [2.05, 4.69) is 0 Å². The molecule has 1 saturated heterocycles. The zero-order chi connectivity index (χ0) is 20.4. The summed E-state index contributed by atoms with van der Waals surface area (Å²) in [7, 11) is -2.63. The molecule has 1 atom stereocenters. The maximum absolute atomic E-state index is 12.1. The zero-order valence-electron chi connectivity index (χ0n) is 15.3. The predicted molar refractivity (Wildman–Crippen MR) is 97.4 cm³/mol. The van der Waals surface area contributed by atoms with E-state index in [0.29, 0.717) is 6.42 Å². The Morgan fingerprint density at radius 3 is 2.44 bits per heavy atom. The molecule has 1 aliphatic heterocycles. The van der Waals surface area contributed by atoms with Gasteiger partial charge in [0, 0.05) is 27.2 Å². The summed E-state index contributed by atoms with van der Waals surface area (Å²) in [5.74, 6) is -1.44. The Bertz CT molecular complexity index is 939. The topological polar surface area (TPSA) is 118 Å². The van der Waals surface area contributed by atoms with E-state index in [1.165, 1.54) is 50.3 Å². The first kappa shape index (κ1) is 21.3. The number of carbonyl (C=O) groups excluding carboxylic acids is 2. The molecule has 0 radical (unpaired) electrons. The number of rotatable bonds is 6. The molecule has 1 fully saturated rings. The molecule has 150 valence electrons. The molecule has 1 unspecified atom stereocenters. The highest BCUT2D eigenvalue weighted by molar-refractivity contribution is 7.91. The molecule has 2 rings (SSSR count). The molecule has 0 N–H and O–H groups in total. The predicted octanol–water partition coefficient (Wildman–Crippen LogP) is -0.261. The van der Waals surface area contributed by atoms with Crippen LogP contribution in [0.4, 0.5) is 0 Å². The van der Waals surface area contributed by atoms with Gasteiger partial charge in [-0.3, -0.25) is 4.79 Å². The number of benzene rings is 1. The van der Waals surface area contributed by atoms with Gasteiger partial charge in [-0.05, 0) is 24.6 Å². The van der Waals surface area contributed by atoms with E-state index in [-0.39, 0.29) is 22.0 Å². The lowest BCUT2D eigenvalue weighted by molar-refractivity contribution is -0.134.